The number of carbonyl (C=O) groups excluding carboxylic acids is 1. The number of carboxylic acid groups (broad SMARTS) is 1. The predicted molar refractivity (Wildman–Crippen MR) is 69.7 cm³/mol. The van der Waals surface area contributed by atoms with Crippen LogP contribution in [0.25, 0.3) is 6.08 Å². The summed E-state index contributed by atoms with van der Waals surface area (Å²) in [6.45, 7) is 0. The maximum atomic E-state index is 13.7. The highest BCUT2D eigenvalue weighted by atomic mass is 19.1. The van der Waals surface area contributed by atoms with Crippen molar-refractivity contribution in [3.8, 4) is 0 Å². The number of carbonyl (C=O) groups is 2. The summed E-state index contributed by atoms with van der Waals surface area (Å²) in [6.07, 6.45) is 3.49. The molecule has 1 heterocycles. The van der Waals surface area contributed by atoms with Crippen LogP contribution in [0.2, 0.25) is 0 Å². The monoisotopic (exact) mass is 275 g/mol. The zero-order valence-corrected chi connectivity index (χ0v) is 10.2. The van der Waals surface area contributed by atoms with Gasteiger partial charge in [-0.3, -0.25) is 4.79 Å². The minimum Gasteiger partial charge on any atom is -0.478 e. The van der Waals surface area contributed by atoms with Gasteiger partial charge in [0.1, 0.15) is 5.82 Å². The third-order valence-electron chi connectivity index (χ3n) is 2.40. The average Bonchev–Trinajstić information content (AvgIpc) is 2.93. The molecule has 102 valence electrons. The first-order chi connectivity index (χ1) is 9.56. The van der Waals surface area contributed by atoms with Crippen LogP contribution >= 0.6 is 0 Å². The molecule has 0 aliphatic rings. The van der Waals surface area contributed by atoms with Gasteiger partial charge in [0.15, 0.2) is 5.76 Å². The predicted octanol–water partition coefficient (Wildman–Crippen LogP) is 2.77. The van der Waals surface area contributed by atoms with Gasteiger partial charge in [0.2, 0.25) is 0 Å². The van der Waals surface area contributed by atoms with Crippen LogP contribution in [0.4, 0.5) is 10.1 Å². The second-order valence-electron chi connectivity index (χ2n) is 3.84. The van der Waals surface area contributed by atoms with Crippen LogP contribution in [-0.2, 0) is 4.79 Å². The van der Waals surface area contributed by atoms with Gasteiger partial charge < -0.3 is 14.8 Å². The van der Waals surface area contributed by atoms with Crippen LogP contribution in [0.15, 0.2) is 47.1 Å². The van der Waals surface area contributed by atoms with Crippen molar-refractivity contribution < 1.29 is 23.5 Å². The van der Waals surface area contributed by atoms with Gasteiger partial charge >= 0.3 is 5.97 Å². The summed E-state index contributed by atoms with van der Waals surface area (Å²) in [5.41, 5.74) is 0.361. The highest BCUT2D eigenvalue weighted by Crippen LogP contribution is 2.17. The zero-order chi connectivity index (χ0) is 14.5. The number of furan rings is 1. The molecule has 2 N–H and O–H groups in total. The molecule has 2 rings (SSSR count). The van der Waals surface area contributed by atoms with E-state index in [1.54, 1.807) is 6.07 Å². The molecule has 1 aromatic carbocycles. The van der Waals surface area contributed by atoms with Gasteiger partial charge in [-0.15, -0.1) is 0 Å². The van der Waals surface area contributed by atoms with Crippen molar-refractivity contribution in [3.63, 3.8) is 0 Å². The van der Waals surface area contributed by atoms with E-state index < -0.39 is 17.7 Å². The molecule has 20 heavy (non-hydrogen) atoms. The highest BCUT2D eigenvalue weighted by Gasteiger charge is 2.11. The Labute approximate surface area is 113 Å². The molecular formula is C14H10FNO4. The lowest BCUT2D eigenvalue weighted by molar-refractivity contribution is -0.131. The van der Waals surface area contributed by atoms with E-state index in [4.69, 9.17) is 9.52 Å². The van der Waals surface area contributed by atoms with Gasteiger partial charge in [-0.1, -0.05) is 6.07 Å². The van der Waals surface area contributed by atoms with Crippen molar-refractivity contribution in [2.45, 2.75) is 0 Å². The molecule has 0 spiro atoms. The van der Waals surface area contributed by atoms with Crippen LogP contribution in [0, 0.1) is 5.82 Å². The fourth-order valence-electron chi connectivity index (χ4n) is 1.50. The maximum Gasteiger partial charge on any atom is 0.328 e. The molecule has 0 radical (unpaired) electrons. The van der Waals surface area contributed by atoms with Crippen molar-refractivity contribution in [1.29, 1.82) is 0 Å². The minimum absolute atomic E-state index is 0.0149. The Balaban J connectivity index is 2.14. The van der Waals surface area contributed by atoms with Crippen LogP contribution in [0.5, 0.6) is 0 Å². The second kappa shape index (κ2) is 5.83. The summed E-state index contributed by atoms with van der Waals surface area (Å²) in [6, 6.07) is 6.96. The molecule has 1 amide bonds. The number of amides is 1. The van der Waals surface area contributed by atoms with E-state index >= 15 is 0 Å². The number of benzene rings is 1. The van der Waals surface area contributed by atoms with Gasteiger partial charge in [-0.05, 0) is 35.9 Å². The standard InChI is InChI=1S/C14H10FNO4/c15-10-8-9(4-6-13(17)18)3-5-11(10)16-14(19)12-2-1-7-20-12/h1-8H,(H,16,19)(H,17,18). The van der Waals surface area contributed by atoms with Gasteiger partial charge in [-0.2, -0.15) is 0 Å². The quantitative estimate of drug-likeness (QED) is 0.841. The van der Waals surface area contributed by atoms with Crippen LogP contribution in [-0.4, -0.2) is 17.0 Å². The van der Waals surface area contributed by atoms with Crippen molar-refractivity contribution >= 4 is 23.6 Å². The number of nitrogens with one attached hydrogen (secondary N) is 1. The Morgan fingerprint density at radius 1 is 1.30 bits per heavy atom. The summed E-state index contributed by atoms with van der Waals surface area (Å²) in [4.78, 5) is 22.0. The number of carboxylic acids is 1. The fourth-order valence-corrected chi connectivity index (χ4v) is 1.50. The lowest BCUT2D eigenvalue weighted by Crippen LogP contribution is -2.12. The van der Waals surface area contributed by atoms with Crippen LogP contribution < -0.4 is 5.32 Å². The number of hydrogen-bond acceptors (Lipinski definition) is 3. The van der Waals surface area contributed by atoms with Gasteiger partial charge in [0.05, 0.1) is 12.0 Å². The van der Waals surface area contributed by atoms with Crippen molar-refractivity contribution in [1.82, 2.24) is 0 Å². The molecule has 1 aromatic heterocycles. The van der Waals surface area contributed by atoms with E-state index in [-0.39, 0.29) is 11.4 Å². The number of hydrogen-bond donors (Lipinski definition) is 2. The lowest BCUT2D eigenvalue weighted by Gasteiger charge is -2.05. The lowest BCUT2D eigenvalue weighted by atomic mass is 10.2. The normalized spacial score (nSPS) is 10.7. The van der Waals surface area contributed by atoms with E-state index in [1.807, 2.05) is 0 Å². The molecule has 0 aliphatic heterocycles. The second-order valence-corrected chi connectivity index (χ2v) is 3.84. The summed E-state index contributed by atoms with van der Waals surface area (Å²) < 4.78 is 18.6. The largest absolute Gasteiger partial charge is 0.478 e. The molecule has 0 atom stereocenters. The molecule has 0 fully saturated rings. The first-order valence-corrected chi connectivity index (χ1v) is 5.61. The van der Waals surface area contributed by atoms with Crippen LogP contribution in [0.3, 0.4) is 0 Å². The van der Waals surface area contributed by atoms with Gasteiger partial charge in [0, 0.05) is 6.08 Å². The third-order valence-corrected chi connectivity index (χ3v) is 2.40. The smallest absolute Gasteiger partial charge is 0.328 e. The Bertz CT molecular complexity index is 662. The number of halogens is 1. The minimum atomic E-state index is -1.12. The zero-order valence-electron chi connectivity index (χ0n) is 10.2. The maximum absolute atomic E-state index is 13.7. The van der Waals surface area contributed by atoms with Gasteiger partial charge in [0.25, 0.3) is 5.91 Å². The Kier molecular flexibility index (Phi) is 3.95. The molecular weight excluding hydrogens is 265 g/mol. The Morgan fingerprint density at radius 3 is 2.70 bits per heavy atom. The number of rotatable bonds is 4. The molecule has 2 aromatic rings. The van der Waals surface area contributed by atoms with Crippen molar-refractivity contribution in [2.24, 2.45) is 0 Å². The van der Waals surface area contributed by atoms with E-state index in [0.717, 1.165) is 12.1 Å². The molecule has 0 saturated heterocycles. The number of anilines is 1. The first-order valence-electron chi connectivity index (χ1n) is 5.61. The first kappa shape index (κ1) is 13.5. The Hall–Kier alpha value is -2.89. The van der Waals surface area contributed by atoms with Crippen LogP contribution in [0.1, 0.15) is 16.1 Å². The number of aliphatic carboxylic acids is 1. The highest BCUT2D eigenvalue weighted by molar-refractivity contribution is 6.02. The molecule has 0 aliphatic carbocycles. The fraction of sp³-hybridized carbons (Fsp3) is 0. The third kappa shape index (κ3) is 3.32. The molecule has 0 unspecified atom stereocenters. The summed E-state index contributed by atoms with van der Waals surface area (Å²) in [7, 11) is 0. The summed E-state index contributed by atoms with van der Waals surface area (Å²) in [5.74, 6) is -2.29. The molecule has 0 saturated carbocycles. The topological polar surface area (TPSA) is 79.5 Å². The van der Waals surface area contributed by atoms with Crippen molar-refractivity contribution in [3.05, 3.63) is 59.8 Å². The molecule has 0 bridgehead atoms. The van der Waals surface area contributed by atoms with Crippen molar-refractivity contribution in [2.75, 3.05) is 5.32 Å². The van der Waals surface area contributed by atoms with E-state index in [9.17, 15) is 14.0 Å². The molecule has 5 nitrogen and oxygen atoms in total. The summed E-state index contributed by atoms with van der Waals surface area (Å²) >= 11 is 0. The summed E-state index contributed by atoms with van der Waals surface area (Å²) in [5, 5.41) is 10.8. The SMILES string of the molecule is O=C(O)C=Cc1ccc(NC(=O)c2ccco2)c(F)c1. The van der Waals surface area contributed by atoms with Gasteiger partial charge in [-0.25, -0.2) is 9.18 Å². The Morgan fingerprint density at radius 2 is 2.10 bits per heavy atom. The van der Waals surface area contributed by atoms with E-state index in [0.29, 0.717) is 5.56 Å². The van der Waals surface area contributed by atoms with E-state index in [2.05, 4.69) is 5.32 Å². The van der Waals surface area contributed by atoms with E-state index in [1.165, 1.54) is 30.5 Å². The molecule has 6 heteroatoms. The average molecular weight is 275 g/mol.